The predicted octanol–water partition coefficient (Wildman–Crippen LogP) is 2.71. The first-order chi connectivity index (χ1) is 6.29. The van der Waals surface area contributed by atoms with Crippen LogP contribution >= 0.6 is 11.3 Å². The number of hydrogen-bond donors (Lipinski definition) is 1. The molecular formula is C9H6O3S. The lowest BCUT2D eigenvalue weighted by Crippen LogP contribution is -1.94. The van der Waals surface area contributed by atoms with E-state index in [4.69, 9.17) is 9.52 Å². The van der Waals surface area contributed by atoms with Gasteiger partial charge in [-0.2, -0.15) is 0 Å². The molecule has 0 radical (unpaired) electrons. The van der Waals surface area contributed by atoms with Gasteiger partial charge in [0.2, 0.25) is 0 Å². The summed E-state index contributed by atoms with van der Waals surface area (Å²) in [6, 6.07) is 5.06. The van der Waals surface area contributed by atoms with E-state index in [9.17, 15) is 4.79 Å². The van der Waals surface area contributed by atoms with Crippen LogP contribution in [0.15, 0.2) is 34.3 Å². The Labute approximate surface area is 78.2 Å². The van der Waals surface area contributed by atoms with Crippen LogP contribution in [0.5, 0.6) is 0 Å². The van der Waals surface area contributed by atoms with Crippen LogP contribution in [0.3, 0.4) is 0 Å². The summed E-state index contributed by atoms with van der Waals surface area (Å²) in [5.41, 5.74) is 0.292. The van der Waals surface area contributed by atoms with Crippen LogP contribution in [0.25, 0.3) is 10.6 Å². The Kier molecular flexibility index (Phi) is 1.90. The van der Waals surface area contributed by atoms with E-state index in [0.29, 0.717) is 16.2 Å². The molecule has 0 aliphatic carbocycles. The fourth-order valence-corrected chi connectivity index (χ4v) is 1.93. The number of furan rings is 1. The van der Waals surface area contributed by atoms with Gasteiger partial charge in [-0.15, -0.1) is 11.3 Å². The van der Waals surface area contributed by atoms with Gasteiger partial charge in [-0.1, -0.05) is 0 Å². The van der Waals surface area contributed by atoms with E-state index < -0.39 is 5.97 Å². The van der Waals surface area contributed by atoms with Gasteiger partial charge in [0.1, 0.15) is 5.76 Å². The van der Waals surface area contributed by atoms with Crippen LogP contribution in [0, 0.1) is 0 Å². The summed E-state index contributed by atoms with van der Waals surface area (Å²) >= 11 is 1.36. The molecule has 2 heterocycles. The molecule has 0 bridgehead atoms. The maximum atomic E-state index is 10.7. The van der Waals surface area contributed by atoms with Gasteiger partial charge in [0.05, 0.1) is 16.7 Å². The highest BCUT2D eigenvalue weighted by molar-refractivity contribution is 7.14. The Hall–Kier alpha value is -1.55. The Balaban J connectivity index is 2.52. The largest absolute Gasteiger partial charge is 0.478 e. The van der Waals surface area contributed by atoms with E-state index in [-0.39, 0.29) is 0 Å². The second-order valence-corrected chi connectivity index (χ2v) is 3.36. The maximum absolute atomic E-state index is 10.7. The summed E-state index contributed by atoms with van der Waals surface area (Å²) in [6.45, 7) is 0. The van der Waals surface area contributed by atoms with Crippen molar-refractivity contribution in [2.24, 2.45) is 0 Å². The van der Waals surface area contributed by atoms with Gasteiger partial charge in [-0.25, -0.2) is 4.79 Å². The number of carboxylic acid groups (broad SMARTS) is 1. The molecule has 2 rings (SSSR count). The van der Waals surface area contributed by atoms with Crippen molar-refractivity contribution in [1.82, 2.24) is 0 Å². The van der Waals surface area contributed by atoms with Gasteiger partial charge in [-0.3, -0.25) is 0 Å². The van der Waals surface area contributed by atoms with Crippen LogP contribution in [0.4, 0.5) is 0 Å². The second kappa shape index (κ2) is 3.06. The highest BCUT2D eigenvalue weighted by Gasteiger charge is 2.14. The molecule has 3 nitrogen and oxygen atoms in total. The maximum Gasteiger partial charge on any atom is 0.337 e. The minimum atomic E-state index is -0.923. The zero-order valence-corrected chi connectivity index (χ0v) is 7.38. The fraction of sp³-hybridized carbons (Fsp3) is 0. The first-order valence-electron chi connectivity index (χ1n) is 3.63. The second-order valence-electron chi connectivity index (χ2n) is 2.45. The van der Waals surface area contributed by atoms with E-state index in [1.165, 1.54) is 17.6 Å². The Morgan fingerprint density at radius 1 is 1.46 bits per heavy atom. The van der Waals surface area contributed by atoms with Crippen LogP contribution in [-0.4, -0.2) is 11.1 Å². The van der Waals surface area contributed by atoms with Crippen molar-refractivity contribution in [3.63, 3.8) is 0 Å². The molecule has 2 aromatic rings. The molecular weight excluding hydrogens is 188 g/mol. The standard InChI is InChI=1S/C9H6O3S/c10-9(11)6-3-5-13-8(6)7-2-1-4-12-7/h1-5H,(H,10,11). The van der Waals surface area contributed by atoms with Crippen molar-refractivity contribution in [3.8, 4) is 10.6 Å². The van der Waals surface area contributed by atoms with Gasteiger partial charge in [0.15, 0.2) is 0 Å². The quantitative estimate of drug-likeness (QED) is 0.799. The lowest BCUT2D eigenvalue weighted by atomic mass is 10.2. The molecule has 66 valence electrons. The Morgan fingerprint density at radius 3 is 2.92 bits per heavy atom. The molecule has 0 unspecified atom stereocenters. The van der Waals surface area contributed by atoms with Gasteiger partial charge >= 0.3 is 5.97 Å². The molecule has 1 N–H and O–H groups in total. The van der Waals surface area contributed by atoms with E-state index in [1.807, 2.05) is 0 Å². The molecule has 0 saturated heterocycles. The molecule has 0 saturated carbocycles. The number of rotatable bonds is 2. The van der Waals surface area contributed by atoms with Gasteiger partial charge < -0.3 is 9.52 Å². The summed E-state index contributed by atoms with van der Waals surface area (Å²) in [7, 11) is 0. The van der Waals surface area contributed by atoms with Gasteiger partial charge in [-0.05, 0) is 23.6 Å². The summed E-state index contributed by atoms with van der Waals surface area (Å²) < 4.78 is 5.12. The van der Waals surface area contributed by atoms with Crippen molar-refractivity contribution in [1.29, 1.82) is 0 Å². The Bertz CT molecular complexity index is 414. The summed E-state index contributed by atoms with van der Waals surface area (Å²) in [5.74, 6) is -0.319. The number of carbonyl (C=O) groups is 1. The molecule has 0 aromatic carbocycles. The van der Waals surface area contributed by atoms with Crippen molar-refractivity contribution < 1.29 is 14.3 Å². The van der Waals surface area contributed by atoms with Crippen LogP contribution in [0.2, 0.25) is 0 Å². The first-order valence-corrected chi connectivity index (χ1v) is 4.51. The molecule has 13 heavy (non-hydrogen) atoms. The predicted molar refractivity (Wildman–Crippen MR) is 49.0 cm³/mol. The van der Waals surface area contributed by atoms with Crippen molar-refractivity contribution in [2.75, 3.05) is 0 Å². The summed E-state index contributed by atoms with van der Waals surface area (Å²) in [6.07, 6.45) is 1.53. The Morgan fingerprint density at radius 2 is 2.31 bits per heavy atom. The lowest BCUT2D eigenvalue weighted by Gasteiger charge is -1.93. The normalized spacial score (nSPS) is 10.2. The number of aromatic carboxylic acids is 1. The zero-order valence-electron chi connectivity index (χ0n) is 6.56. The molecule has 0 spiro atoms. The molecule has 0 fully saturated rings. The first kappa shape index (κ1) is 8.07. The van der Waals surface area contributed by atoms with Crippen LogP contribution in [-0.2, 0) is 0 Å². The molecule has 0 atom stereocenters. The minimum Gasteiger partial charge on any atom is -0.478 e. The number of hydrogen-bond acceptors (Lipinski definition) is 3. The highest BCUT2D eigenvalue weighted by atomic mass is 32.1. The lowest BCUT2D eigenvalue weighted by molar-refractivity contribution is 0.0698. The topological polar surface area (TPSA) is 50.4 Å². The number of thiophene rings is 1. The third kappa shape index (κ3) is 1.36. The molecule has 0 amide bonds. The smallest absolute Gasteiger partial charge is 0.337 e. The monoisotopic (exact) mass is 194 g/mol. The summed E-state index contributed by atoms with van der Waals surface area (Å²) in [4.78, 5) is 11.4. The van der Waals surface area contributed by atoms with Gasteiger partial charge in [0.25, 0.3) is 0 Å². The van der Waals surface area contributed by atoms with Crippen molar-refractivity contribution in [3.05, 3.63) is 35.4 Å². The molecule has 0 aliphatic rings. The summed E-state index contributed by atoms with van der Waals surface area (Å²) in [5, 5.41) is 10.6. The highest BCUT2D eigenvalue weighted by Crippen LogP contribution is 2.29. The molecule has 0 aliphatic heterocycles. The van der Waals surface area contributed by atoms with E-state index in [2.05, 4.69) is 0 Å². The average molecular weight is 194 g/mol. The minimum absolute atomic E-state index is 0.292. The van der Waals surface area contributed by atoms with Crippen LogP contribution < -0.4 is 0 Å². The molecule has 4 heteroatoms. The van der Waals surface area contributed by atoms with Crippen molar-refractivity contribution >= 4 is 17.3 Å². The van der Waals surface area contributed by atoms with E-state index >= 15 is 0 Å². The third-order valence-electron chi connectivity index (χ3n) is 1.64. The SMILES string of the molecule is O=C(O)c1ccsc1-c1ccco1. The zero-order chi connectivity index (χ0) is 9.26. The molecule has 2 aromatic heterocycles. The van der Waals surface area contributed by atoms with E-state index in [0.717, 1.165) is 0 Å². The van der Waals surface area contributed by atoms with E-state index in [1.54, 1.807) is 23.6 Å². The third-order valence-corrected chi connectivity index (χ3v) is 2.57. The average Bonchev–Trinajstić information content (AvgIpc) is 2.74. The van der Waals surface area contributed by atoms with Gasteiger partial charge in [0, 0.05) is 0 Å². The fourth-order valence-electron chi connectivity index (χ4n) is 1.08. The van der Waals surface area contributed by atoms with Crippen LogP contribution in [0.1, 0.15) is 10.4 Å². The van der Waals surface area contributed by atoms with Crippen molar-refractivity contribution in [2.45, 2.75) is 0 Å². The number of carboxylic acids is 1.